The van der Waals surface area contributed by atoms with E-state index in [9.17, 15) is 20.2 Å². The summed E-state index contributed by atoms with van der Waals surface area (Å²) >= 11 is 0. The van der Waals surface area contributed by atoms with Crippen LogP contribution in [-0.4, -0.2) is 9.85 Å². The van der Waals surface area contributed by atoms with Gasteiger partial charge in [-0.3, -0.25) is 20.2 Å². The highest BCUT2D eigenvalue weighted by atomic mass is 16.6. The van der Waals surface area contributed by atoms with Crippen LogP contribution in [0.25, 0.3) is 11.1 Å². The number of hydrogen-bond donors (Lipinski definition) is 0. The van der Waals surface area contributed by atoms with Gasteiger partial charge in [0, 0.05) is 23.3 Å². The minimum Gasteiger partial charge on any atom is -0.258 e. The van der Waals surface area contributed by atoms with E-state index in [1.165, 1.54) is 0 Å². The number of nitro groups is 2. The van der Waals surface area contributed by atoms with Crippen LogP contribution in [0.4, 0.5) is 11.4 Å². The van der Waals surface area contributed by atoms with Crippen LogP contribution in [-0.2, 0) is 17.3 Å². The molecule has 0 saturated heterocycles. The minimum absolute atomic E-state index is 0.111. The van der Waals surface area contributed by atoms with Crippen molar-refractivity contribution in [1.82, 2.24) is 0 Å². The van der Waals surface area contributed by atoms with Gasteiger partial charge in [-0.1, -0.05) is 41.5 Å². The van der Waals surface area contributed by atoms with Gasteiger partial charge in [-0.05, 0) is 51.6 Å². The van der Waals surface area contributed by atoms with E-state index >= 15 is 0 Å². The molecule has 0 unspecified atom stereocenters. The molecular formula is C21H24N2O4. The molecule has 6 nitrogen and oxygen atoms in total. The van der Waals surface area contributed by atoms with Crippen molar-refractivity contribution in [2.45, 2.75) is 58.8 Å². The second kappa shape index (κ2) is 5.87. The quantitative estimate of drug-likeness (QED) is 0.431. The standard InChI is InChI=1S/C21H24N2O4/c1-20(2,3)16-10-14-12(8-18(16)22(24)25)7-13-9-19(23(26)27)17(11-15(13)14)21(4,5)6/h8-11H,7H2,1-6H3. The average Bonchev–Trinajstić information content (AvgIpc) is 2.87. The van der Waals surface area contributed by atoms with Crippen LogP contribution in [0.3, 0.4) is 0 Å². The molecule has 1 aliphatic rings. The van der Waals surface area contributed by atoms with E-state index in [1.807, 2.05) is 53.7 Å². The third kappa shape index (κ3) is 3.20. The number of nitro benzene ring substituents is 2. The van der Waals surface area contributed by atoms with Crippen molar-refractivity contribution < 1.29 is 9.85 Å². The molecule has 0 N–H and O–H groups in total. The molecule has 0 atom stereocenters. The Hall–Kier alpha value is -2.76. The van der Waals surface area contributed by atoms with Gasteiger partial charge in [0.15, 0.2) is 0 Å². The lowest BCUT2D eigenvalue weighted by Crippen LogP contribution is -2.15. The van der Waals surface area contributed by atoms with Gasteiger partial charge in [0.05, 0.1) is 9.85 Å². The molecule has 142 valence electrons. The van der Waals surface area contributed by atoms with E-state index in [4.69, 9.17) is 0 Å². The van der Waals surface area contributed by atoms with Crippen molar-refractivity contribution in [3.8, 4) is 11.1 Å². The highest BCUT2D eigenvalue weighted by molar-refractivity contribution is 5.81. The lowest BCUT2D eigenvalue weighted by Gasteiger charge is -2.21. The molecule has 2 aromatic rings. The van der Waals surface area contributed by atoms with Crippen LogP contribution in [0.15, 0.2) is 24.3 Å². The van der Waals surface area contributed by atoms with Gasteiger partial charge in [0.1, 0.15) is 0 Å². The van der Waals surface area contributed by atoms with Gasteiger partial charge < -0.3 is 0 Å². The maximum Gasteiger partial charge on any atom is 0.273 e. The smallest absolute Gasteiger partial charge is 0.258 e. The zero-order chi connectivity index (χ0) is 20.3. The topological polar surface area (TPSA) is 86.3 Å². The molecule has 0 radical (unpaired) electrons. The fourth-order valence-electron chi connectivity index (χ4n) is 3.77. The first-order valence-corrected chi connectivity index (χ1v) is 8.94. The molecule has 0 heterocycles. The largest absolute Gasteiger partial charge is 0.273 e. The second-order valence-corrected chi connectivity index (χ2v) is 9.24. The van der Waals surface area contributed by atoms with Crippen LogP contribution >= 0.6 is 0 Å². The SMILES string of the molecule is CC(C)(C)c1cc2c(cc1[N+](=O)[O-])Cc1cc([N+](=O)[O-])c(C(C)(C)C)cc1-2. The molecule has 0 aliphatic heterocycles. The zero-order valence-electron chi connectivity index (χ0n) is 16.5. The maximum atomic E-state index is 11.6. The summed E-state index contributed by atoms with van der Waals surface area (Å²) in [6.07, 6.45) is 0.473. The van der Waals surface area contributed by atoms with Crippen molar-refractivity contribution in [2.24, 2.45) is 0 Å². The fraction of sp³-hybridized carbons (Fsp3) is 0.429. The minimum atomic E-state index is -0.381. The van der Waals surface area contributed by atoms with E-state index in [-0.39, 0.29) is 32.1 Å². The Balaban J connectivity index is 2.30. The molecule has 0 fully saturated rings. The van der Waals surface area contributed by atoms with E-state index in [1.54, 1.807) is 12.1 Å². The molecule has 0 spiro atoms. The number of benzene rings is 2. The Labute approximate surface area is 158 Å². The molecule has 3 rings (SSSR count). The molecule has 0 amide bonds. The van der Waals surface area contributed by atoms with Crippen LogP contribution in [0, 0.1) is 20.2 Å². The summed E-state index contributed by atoms with van der Waals surface area (Å²) in [5.41, 5.74) is 4.41. The number of rotatable bonds is 2. The first-order valence-electron chi connectivity index (χ1n) is 8.94. The van der Waals surface area contributed by atoms with Gasteiger partial charge in [0.2, 0.25) is 0 Å². The Morgan fingerprint density at radius 2 is 1.04 bits per heavy atom. The maximum absolute atomic E-state index is 11.6. The summed E-state index contributed by atoms with van der Waals surface area (Å²) in [5.74, 6) is 0. The predicted octanol–water partition coefficient (Wildman–Crippen LogP) is 5.67. The summed E-state index contributed by atoms with van der Waals surface area (Å²) in [6, 6.07) is 7.08. The summed E-state index contributed by atoms with van der Waals surface area (Å²) in [7, 11) is 0. The molecule has 0 saturated carbocycles. The lowest BCUT2D eigenvalue weighted by atomic mass is 9.82. The van der Waals surface area contributed by atoms with E-state index in [2.05, 4.69) is 0 Å². The number of nitrogens with zero attached hydrogens (tertiary/aromatic N) is 2. The van der Waals surface area contributed by atoms with E-state index in [0.717, 1.165) is 22.3 Å². The highest BCUT2D eigenvalue weighted by Crippen LogP contribution is 2.46. The van der Waals surface area contributed by atoms with E-state index in [0.29, 0.717) is 17.5 Å². The van der Waals surface area contributed by atoms with Crippen molar-refractivity contribution in [3.05, 3.63) is 66.7 Å². The van der Waals surface area contributed by atoms with Gasteiger partial charge in [-0.25, -0.2) is 0 Å². The average molecular weight is 368 g/mol. The van der Waals surface area contributed by atoms with Crippen molar-refractivity contribution in [2.75, 3.05) is 0 Å². The highest BCUT2D eigenvalue weighted by Gasteiger charge is 2.33. The monoisotopic (exact) mass is 368 g/mol. The van der Waals surface area contributed by atoms with Crippen molar-refractivity contribution in [3.63, 3.8) is 0 Å². The van der Waals surface area contributed by atoms with Crippen LogP contribution < -0.4 is 0 Å². The first-order chi connectivity index (χ1) is 12.3. The Morgan fingerprint density at radius 3 is 1.30 bits per heavy atom. The lowest BCUT2D eigenvalue weighted by molar-refractivity contribution is -0.386. The summed E-state index contributed by atoms with van der Waals surface area (Å²) < 4.78 is 0. The molecule has 0 bridgehead atoms. The van der Waals surface area contributed by atoms with Crippen molar-refractivity contribution >= 4 is 11.4 Å². The van der Waals surface area contributed by atoms with E-state index < -0.39 is 0 Å². The molecule has 6 heteroatoms. The molecule has 1 aliphatic carbocycles. The number of hydrogen-bond acceptors (Lipinski definition) is 4. The van der Waals surface area contributed by atoms with Crippen LogP contribution in [0.2, 0.25) is 0 Å². The Kier molecular flexibility index (Phi) is 4.14. The first kappa shape index (κ1) is 19.0. The molecule has 27 heavy (non-hydrogen) atoms. The summed E-state index contributed by atoms with van der Waals surface area (Å²) in [6.45, 7) is 11.7. The van der Waals surface area contributed by atoms with Gasteiger partial charge in [-0.15, -0.1) is 0 Å². The predicted molar refractivity (Wildman–Crippen MR) is 105 cm³/mol. The molecular weight excluding hydrogens is 344 g/mol. The van der Waals surface area contributed by atoms with Gasteiger partial charge in [-0.2, -0.15) is 0 Å². The Bertz CT molecular complexity index is 900. The Morgan fingerprint density at radius 1 is 0.704 bits per heavy atom. The fourth-order valence-corrected chi connectivity index (χ4v) is 3.77. The number of fused-ring (bicyclic) bond motifs is 3. The third-order valence-corrected chi connectivity index (χ3v) is 5.12. The van der Waals surface area contributed by atoms with Crippen molar-refractivity contribution in [1.29, 1.82) is 0 Å². The van der Waals surface area contributed by atoms with Gasteiger partial charge >= 0.3 is 0 Å². The molecule has 0 aromatic heterocycles. The normalized spacial score (nSPS) is 13.3. The third-order valence-electron chi connectivity index (χ3n) is 5.12. The summed E-state index contributed by atoms with van der Waals surface area (Å²) in [5, 5.41) is 23.2. The second-order valence-electron chi connectivity index (χ2n) is 9.24. The van der Waals surface area contributed by atoms with Crippen LogP contribution in [0.1, 0.15) is 63.8 Å². The summed E-state index contributed by atoms with van der Waals surface area (Å²) in [4.78, 5) is 22.5. The molecule has 2 aromatic carbocycles. The van der Waals surface area contributed by atoms with Gasteiger partial charge in [0.25, 0.3) is 11.4 Å². The van der Waals surface area contributed by atoms with Crippen LogP contribution in [0.5, 0.6) is 0 Å². The zero-order valence-corrected chi connectivity index (χ0v) is 16.5.